The monoisotopic (exact) mass is 276 g/mol. The van der Waals surface area contributed by atoms with Gasteiger partial charge in [-0.2, -0.15) is 0 Å². The van der Waals surface area contributed by atoms with E-state index in [1.165, 1.54) is 14.0 Å². The maximum atomic E-state index is 10.9. The second-order valence-corrected chi connectivity index (χ2v) is 3.04. The molecular formula is C12H20O7. The van der Waals surface area contributed by atoms with Crippen LogP contribution >= 0.6 is 0 Å². The molecule has 0 aromatic heterocycles. The van der Waals surface area contributed by atoms with Gasteiger partial charge in [-0.15, -0.1) is 0 Å². The predicted molar refractivity (Wildman–Crippen MR) is 67.0 cm³/mol. The minimum Gasteiger partial charge on any atom is -0.453 e. The summed E-state index contributed by atoms with van der Waals surface area (Å²) in [5, 5.41) is 15.2. The summed E-state index contributed by atoms with van der Waals surface area (Å²) >= 11 is 0. The highest BCUT2D eigenvalue weighted by atomic mass is 16.7. The van der Waals surface area contributed by atoms with Crippen molar-refractivity contribution < 1.29 is 34.0 Å². The van der Waals surface area contributed by atoms with E-state index in [-0.39, 0.29) is 13.2 Å². The van der Waals surface area contributed by atoms with Gasteiger partial charge in [0.2, 0.25) is 6.29 Å². The van der Waals surface area contributed by atoms with Crippen molar-refractivity contribution in [2.75, 3.05) is 20.3 Å². The molecule has 2 unspecified atom stereocenters. The molecule has 0 radical (unpaired) electrons. The van der Waals surface area contributed by atoms with Crippen molar-refractivity contribution in [1.29, 1.82) is 0 Å². The fourth-order valence-electron chi connectivity index (χ4n) is 0.785. The number of rotatable bonds is 7. The summed E-state index contributed by atoms with van der Waals surface area (Å²) < 4.78 is 14.4. The van der Waals surface area contributed by atoms with Crippen molar-refractivity contribution >= 4 is 11.9 Å². The summed E-state index contributed by atoms with van der Waals surface area (Å²) in [6.07, 6.45) is 0.330. The molecule has 2 atom stereocenters. The predicted octanol–water partition coefficient (Wildman–Crippen LogP) is -0.223. The molecule has 0 aliphatic rings. The van der Waals surface area contributed by atoms with Crippen LogP contribution in [0, 0.1) is 0 Å². The zero-order chi connectivity index (χ0) is 15.3. The summed E-state index contributed by atoms with van der Waals surface area (Å²) in [5.41, 5.74) is 0. The van der Waals surface area contributed by atoms with E-state index in [1.807, 2.05) is 0 Å². The molecule has 7 nitrogen and oxygen atoms in total. The fourth-order valence-corrected chi connectivity index (χ4v) is 0.785. The molecule has 0 aliphatic heterocycles. The Bertz CT molecular complexity index is 286. The maximum absolute atomic E-state index is 10.9. The lowest BCUT2D eigenvalue weighted by Gasteiger charge is -2.21. The molecule has 0 rings (SSSR count). The van der Waals surface area contributed by atoms with E-state index >= 15 is 0 Å². The summed E-state index contributed by atoms with van der Waals surface area (Å²) in [6.45, 7) is 7.75. The Morgan fingerprint density at radius 3 is 1.84 bits per heavy atom. The second kappa shape index (κ2) is 12.7. The van der Waals surface area contributed by atoms with Crippen LogP contribution in [0.1, 0.15) is 6.92 Å². The molecule has 0 spiro atoms. The summed E-state index contributed by atoms with van der Waals surface area (Å²) in [7, 11) is 1.33. The van der Waals surface area contributed by atoms with Crippen LogP contribution in [0.2, 0.25) is 0 Å². The molecule has 0 bridgehead atoms. The molecule has 2 N–H and O–H groups in total. The van der Waals surface area contributed by atoms with E-state index in [2.05, 4.69) is 13.2 Å². The minimum absolute atomic E-state index is 0.125. The van der Waals surface area contributed by atoms with Crippen molar-refractivity contribution in [2.45, 2.75) is 19.3 Å². The fraction of sp³-hybridized carbons (Fsp3) is 0.500. The molecule has 0 fully saturated rings. The van der Waals surface area contributed by atoms with Crippen molar-refractivity contribution in [1.82, 2.24) is 0 Å². The number of aliphatic hydroxyl groups is 2. The van der Waals surface area contributed by atoms with E-state index in [0.717, 1.165) is 12.2 Å². The quantitative estimate of drug-likeness (QED) is 0.376. The average Bonchev–Trinajstić information content (AvgIpc) is 2.44. The van der Waals surface area contributed by atoms with Crippen LogP contribution in [0.15, 0.2) is 25.3 Å². The van der Waals surface area contributed by atoms with Crippen LogP contribution in [0.3, 0.4) is 0 Å². The lowest BCUT2D eigenvalue weighted by atomic mass is 10.4. The van der Waals surface area contributed by atoms with E-state index in [1.54, 1.807) is 0 Å². The first-order chi connectivity index (χ1) is 8.96. The highest BCUT2D eigenvalue weighted by Gasteiger charge is 2.22. The largest absolute Gasteiger partial charge is 0.453 e. The van der Waals surface area contributed by atoms with Crippen LogP contribution in [-0.4, -0.2) is 54.9 Å². The van der Waals surface area contributed by atoms with Crippen LogP contribution < -0.4 is 0 Å². The first kappa shape index (κ1) is 19.6. The minimum atomic E-state index is -0.959. The average molecular weight is 276 g/mol. The number of aliphatic hydroxyl groups excluding tert-OH is 2. The van der Waals surface area contributed by atoms with Gasteiger partial charge in [0.15, 0.2) is 6.10 Å². The van der Waals surface area contributed by atoms with Crippen molar-refractivity contribution in [3.05, 3.63) is 25.3 Å². The number of hydrogen-bond acceptors (Lipinski definition) is 7. The Balaban J connectivity index is 0. The van der Waals surface area contributed by atoms with Gasteiger partial charge in [0.05, 0.1) is 13.2 Å². The Hall–Kier alpha value is -1.70. The summed E-state index contributed by atoms with van der Waals surface area (Å²) in [6, 6.07) is 0. The maximum Gasteiger partial charge on any atom is 0.332 e. The van der Waals surface area contributed by atoms with Gasteiger partial charge in [-0.25, -0.2) is 9.59 Å². The van der Waals surface area contributed by atoms with E-state index in [0.29, 0.717) is 0 Å². The van der Waals surface area contributed by atoms with Crippen LogP contribution in [0.25, 0.3) is 0 Å². The molecule has 0 aliphatic carbocycles. The van der Waals surface area contributed by atoms with Crippen molar-refractivity contribution in [3.8, 4) is 0 Å². The van der Waals surface area contributed by atoms with Gasteiger partial charge in [0, 0.05) is 19.3 Å². The number of carbonyl (C=O) groups excluding carboxylic acids is 2. The third-order valence-corrected chi connectivity index (χ3v) is 1.58. The Morgan fingerprint density at radius 2 is 1.53 bits per heavy atom. The zero-order valence-corrected chi connectivity index (χ0v) is 11.1. The van der Waals surface area contributed by atoms with Gasteiger partial charge in [-0.1, -0.05) is 13.2 Å². The van der Waals surface area contributed by atoms with Gasteiger partial charge in [-0.05, 0) is 6.92 Å². The molecule has 0 saturated carbocycles. The number of hydrogen-bond donors (Lipinski definition) is 2. The van der Waals surface area contributed by atoms with Gasteiger partial charge in [-0.3, -0.25) is 0 Å². The number of carbonyl (C=O) groups is 2. The van der Waals surface area contributed by atoms with Crippen LogP contribution in [0.4, 0.5) is 0 Å². The highest BCUT2D eigenvalue weighted by molar-refractivity contribution is 5.82. The second-order valence-electron chi connectivity index (χ2n) is 3.04. The summed E-state index contributed by atoms with van der Waals surface area (Å²) in [4.78, 5) is 21.7. The van der Waals surface area contributed by atoms with E-state index < -0.39 is 24.3 Å². The molecule has 0 saturated heterocycles. The molecule has 0 heterocycles. The first-order valence-corrected chi connectivity index (χ1v) is 5.37. The number of methoxy groups -OCH3 is 1. The number of ether oxygens (including phenoxy) is 3. The topological polar surface area (TPSA) is 102 Å². The number of esters is 2. The third-order valence-electron chi connectivity index (χ3n) is 1.58. The van der Waals surface area contributed by atoms with Crippen LogP contribution in [-0.2, 0) is 23.8 Å². The van der Waals surface area contributed by atoms with Crippen molar-refractivity contribution in [3.63, 3.8) is 0 Å². The van der Waals surface area contributed by atoms with Gasteiger partial charge in [0.1, 0.15) is 0 Å². The van der Waals surface area contributed by atoms with Gasteiger partial charge in [0.25, 0.3) is 0 Å². The zero-order valence-electron chi connectivity index (χ0n) is 11.1. The molecule has 110 valence electrons. The molecule has 7 heteroatoms. The first-order valence-electron chi connectivity index (χ1n) is 5.37. The molecule has 0 amide bonds. The lowest BCUT2D eigenvalue weighted by molar-refractivity contribution is -0.197. The summed E-state index contributed by atoms with van der Waals surface area (Å²) in [5.74, 6) is -1.26. The molecule has 0 aromatic carbocycles. The lowest BCUT2D eigenvalue weighted by Crippen LogP contribution is -2.33. The van der Waals surface area contributed by atoms with E-state index in [4.69, 9.17) is 24.4 Å². The van der Waals surface area contributed by atoms with Crippen LogP contribution in [0.5, 0.6) is 0 Å². The Kier molecular flexibility index (Phi) is 13.2. The van der Waals surface area contributed by atoms with Crippen molar-refractivity contribution in [2.24, 2.45) is 0 Å². The van der Waals surface area contributed by atoms with Gasteiger partial charge < -0.3 is 24.4 Å². The Morgan fingerprint density at radius 1 is 1.11 bits per heavy atom. The molecule has 19 heavy (non-hydrogen) atoms. The normalized spacial score (nSPS) is 12.2. The smallest absolute Gasteiger partial charge is 0.332 e. The third kappa shape index (κ3) is 11.1. The molecule has 0 aromatic rings. The standard InChI is InChI=1S/C10H14O5.C2H6O2/c1-5-8(11)14-7(3)10(13-4)15-9(12)6-2;3-1-2-4/h5-7,10H,1-2H2,3-4H3;3-4H,1-2H2. The van der Waals surface area contributed by atoms with Gasteiger partial charge >= 0.3 is 11.9 Å². The SMILES string of the molecule is C=CC(=O)OC(C)C(OC)OC(=O)C=C.OCCO. The molecular weight excluding hydrogens is 256 g/mol. The Labute approximate surface area is 112 Å². The highest BCUT2D eigenvalue weighted by Crippen LogP contribution is 2.06. The van der Waals surface area contributed by atoms with E-state index in [9.17, 15) is 9.59 Å².